The molecule has 67 heavy (non-hydrogen) atoms. The SMILES string of the molecule is CC[C@H]1OC(=O)[C@H](C)[C@@H](OC(=O)N(CC)CC)[C@H](C)[C@@H](O[C@@H]2O[C@H](C)C[C@H](N(C)C)[C@H]2O)[C@](C)(OC(=O)NC/C=C/c2ccc(-c3cccnn3)cc2)C[C@@H](C)C(=O)[C@H](C)[C@@H]2NC(=O)O[C@]12C. The number of amides is 3. The molecule has 3 N–H and O–H groups in total. The molecule has 0 aliphatic carbocycles. The van der Waals surface area contributed by atoms with Crippen LogP contribution in [-0.4, -0.2) is 149 Å². The monoisotopic (exact) mass is 937 g/mol. The van der Waals surface area contributed by atoms with Gasteiger partial charge in [0.25, 0.3) is 0 Å². The van der Waals surface area contributed by atoms with E-state index < -0.39 is 102 Å². The number of carbonyl (C=O) groups is 5. The van der Waals surface area contributed by atoms with Crippen molar-refractivity contribution in [3.63, 3.8) is 0 Å². The molecule has 0 saturated carbocycles. The largest absolute Gasteiger partial charge is 0.458 e. The molecule has 2 aromatic rings. The van der Waals surface area contributed by atoms with E-state index in [1.165, 1.54) is 4.90 Å². The number of Topliss-reactive ketones (excluding diaryl/α,β-unsaturated/α-hetero) is 1. The van der Waals surface area contributed by atoms with Gasteiger partial charge in [-0.15, -0.1) is 0 Å². The van der Waals surface area contributed by atoms with Crippen LogP contribution in [0.3, 0.4) is 0 Å². The molecule has 0 spiro atoms. The highest BCUT2D eigenvalue weighted by Gasteiger charge is 2.58. The van der Waals surface area contributed by atoms with Crippen LogP contribution in [0.15, 0.2) is 48.7 Å². The lowest BCUT2D eigenvalue weighted by Gasteiger charge is -2.48. The van der Waals surface area contributed by atoms with E-state index in [2.05, 4.69) is 20.8 Å². The van der Waals surface area contributed by atoms with Crippen molar-refractivity contribution in [2.45, 2.75) is 149 Å². The van der Waals surface area contributed by atoms with Crippen LogP contribution in [-0.2, 0) is 38.0 Å². The molecule has 3 aliphatic rings. The summed E-state index contributed by atoms with van der Waals surface area (Å²) in [5.41, 5.74) is -0.730. The summed E-state index contributed by atoms with van der Waals surface area (Å²) in [6.07, 6.45) is -3.08. The third kappa shape index (κ3) is 12.3. The number of esters is 1. The number of nitrogens with zero attached hydrogens (tertiary/aromatic N) is 4. The van der Waals surface area contributed by atoms with Gasteiger partial charge in [-0.2, -0.15) is 10.2 Å². The molecule has 4 heterocycles. The standard InChI is InChI=1S/C49H72N6O12/c1-13-37-49(10)41(52-46(60)67-49)30(6)38(56)28(4)27-48(9,66-45(59)50-24-16-18-33-20-22-34(23-21-33)35-19-17-25-51-53-35)42(65-44-39(57)36(54(11)12)26-29(5)62-44)31(7)40(32(8)43(58)63-37)64-47(61)55(14-2)15-3/h16-23,25,28-32,36-37,39-42,44,57H,13-15,24,26-27H2,1-12H3,(H,50,59)(H,52,60)/b18-16+/t28-,29-,30+,31+,32-,36+,37-,39-,40+,41+,42-,44+,48-,49-/m1/s1. The first-order chi connectivity index (χ1) is 31.7. The van der Waals surface area contributed by atoms with E-state index in [-0.39, 0.29) is 31.3 Å². The van der Waals surface area contributed by atoms with Crippen molar-refractivity contribution in [1.29, 1.82) is 0 Å². The van der Waals surface area contributed by atoms with Gasteiger partial charge in [-0.1, -0.05) is 64.1 Å². The van der Waals surface area contributed by atoms with Crippen molar-refractivity contribution in [2.75, 3.05) is 33.7 Å². The van der Waals surface area contributed by atoms with Crippen LogP contribution in [0, 0.1) is 23.7 Å². The van der Waals surface area contributed by atoms with Crippen LogP contribution in [0.4, 0.5) is 14.4 Å². The Hall–Kier alpha value is -5.17. The lowest BCUT2D eigenvalue weighted by Crippen LogP contribution is -2.61. The highest BCUT2D eigenvalue weighted by Crippen LogP contribution is 2.42. The van der Waals surface area contributed by atoms with E-state index in [0.29, 0.717) is 19.5 Å². The Morgan fingerprint density at radius 2 is 1.69 bits per heavy atom. The molecule has 1 aromatic heterocycles. The van der Waals surface area contributed by atoms with Crippen molar-refractivity contribution in [1.82, 2.24) is 30.6 Å². The zero-order valence-electron chi connectivity index (χ0n) is 41.1. The van der Waals surface area contributed by atoms with Crippen molar-refractivity contribution >= 4 is 36.1 Å². The number of likely N-dealkylation sites (N-methyl/N-ethyl adjacent to an activating group) is 1. The maximum Gasteiger partial charge on any atom is 0.410 e. The summed E-state index contributed by atoms with van der Waals surface area (Å²) in [6, 6.07) is 10.0. The fourth-order valence-electron chi connectivity index (χ4n) is 9.91. The summed E-state index contributed by atoms with van der Waals surface area (Å²) in [4.78, 5) is 73.6. The molecule has 0 bridgehead atoms. The summed E-state index contributed by atoms with van der Waals surface area (Å²) in [7, 11) is 3.68. The van der Waals surface area contributed by atoms with Crippen LogP contribution < -0.4 is 10.6 Å². The summed E-state index contributed by atoms with van der Waals surface area (Å²) < 4.78 is 38.0. The zero-order chi connectivity index (χ0) is 49.4. The third-order valence-corrected chi connectivity index (χ3v) is 13.7. The molecular formula is C49H72N6O12. The summed E-state index contributed by atoms with van der Waals surface area (Å²) >= 11 is 0. The van der Waals surface area contributed by atoms with E-state index in [0.717, 1.165) is 16.8 Å². The Bertz CT molecular complexity index is 2040. The second-order valence-electron chi connectivity index (χ2n) is 18.8. The van der Waals surface area contributed by atoms with Crippen molar-refractivity contribution < 1.29 is 57.5 Å². The number of ketones is 1. The lowest BCUT2D eigenvalue weighted by atomic mass is 9.73. The number of nitrogens with one attached hydrogen (secondary N) is 2. The van der Waals surface area contributed by atoms with E-state index in [4.69, 9.17) is 28.4 Å². The molecule has 3 amide bonds. The van der Waals surface area contributed by atoms with Gasteiger partial charge in [0, 0.05) is 55.2 Å². The number of ether oxygens (including phenoxy) is 6. The Balaban J connectivity index is 1.58. The Kier molecular flexibility index (Phi) is 17.9. The van der Waals surface area contributed by atoms with Gasteiger partial charge in [-0.25, -0.2) is 14.4 Å². The number of aliphatic hydroxyl groups is 1. The number of carbonyl (C=O) groups excluding carboxylic acids is 5. The van der Waals surface area contributed by atoms with E-state index in [1.807, 2.05) is 68.4 Å². The molecule has 18 heteroatoms. The topological polar surface area (TPSA) is 217 Å². The van der Waals surface area contributed by atoms with Gasteiger partial charge < -0.3 is 54.0 Å². The quantitative estimate of drug-likeness (QED) is 0.164. The minimum Gasteiger partial charge on any atom is -0.458 e. The number of hydrogen-bond donors (Lipinski definition) is 3. The molecule has 5 rings (SSSR count). The zero-order valence-corrected chi connectivity index (χ0v) is 41.1. The van der Waals surface area contributed by atoms with Crippen LogP contribution >= 0.6 is 0 Å². The van der Waals surface area contributed by atoms with Crippen LogP contribution in [0.25, 0.3) is 17.3 Å². The van der Waals surface area contributed by atoms with Crippen molar-refractivity contribution in [2.24, 2.45) is 23.7 Å². The fraction of sp³-hybridized carbons (Fsp3) is 0.653. The first-order valence-electron chi connectivity index (χ1n) is 23.5. The molecule has 3 fully saturated rings. The van der Waals surface area contributed by atoms with Gasteiger partial charge in [-0.3, -0.25) is 9.59 Å². The van der Waals surface area contributed by atoms with E-state index in [9.17, 15) is 29.1 Å². The fourth-order valence-corrected chi connectivity index (χ4v) is 9.91. The van der Waals surface area contributed by atoms with Gasteiger partial charge in [0.05, 0.1) is 23.8 Å². The molecular weight excluding hydrogens is 865 g/mol. The maximum absolute atomic E-state index is 14.7. The normalized spacial score (nSPS) is 34.0. The lowest BCUT2D eigenvalue weighted by molar-refractivity contribution is -0.298. The van der Waals surface area contributed by atoms with Gasteiger partial charge in [0.2, 0.25) is 0 Å². The highest BCUT2D eigenvalue weighted by atomic mass is 16.7. The molecule has 18 nitrogen and oxygen atoms in total. The Labute approximate surface area is 394 Å². The van der Waals surface area contributed by atoms with Gasteiger partial charge in [0.1, 0.15) is 35.8 Å². The van der Waals surface area contributed by atoms with Crippen LogP contribution in [0.5, 0.6) is 0 Å². The predicted molar refractivity (Wildman–Crippen MR) is 248 cm³/mol. The molecule has 14 atom stereocenters. The number of aromatic nitrogens is 2. The van der Waals surface area contributed by atoms with E-state index in [1.54, 1.807) is 74.6 Å². The first kappa shape index (κ1) is 52.8. The molecule has 1 aromatic carbocycles. The van der Waals surface area contributed by atoms with Gasteiger partial charge in [0.15, 0.2) is 11.9 Å². The van der Waals surface area contributed by atoms with Crippen molar-refractivity contribution in [3.8, 4) is 11.3 Å². The molecule has 0 radical (unpaired) electrons. The summed E-state index contributed by atoms with van der Waals surface area (Å²) in [5.74, 6) is -4.99. The number of hydrogen-bond acceptors (Lipinski definition) is 15. The maximum atomic E-state index is 14.7. The van der Waals surface area contributed by atoms with Gasteiger partial charge >= 0.3 is 24.2 Å². The highest BCUT2D eigenvalue weighted by molar-refractivity contribution is 5.85. The second kappa shape index (κ2) is 22.8. The average Bonchev–Trinajstić information content (AvgIpc) is 3.61. The molecule has 3 saturated heterocycles. The predicted octanol–water partition coefficient (Wildman–Crippen LogP) is 6.01. The number of fused-ring (bicyclic) bond motifs is 1. The molecule has 370 valence electrons. The minimum atomic E-state index is -1.76. The Morgan fingerprint density at radius 3 is 2.30 bits per heavy atom. The first-order valence-corrected chi connectivity index (χ1v) is 23.5. The third-order valence-electron chi connectivity index (χ3n) is 13.7. The number of benzene rings is 1. The summed E-state index contributed by atoms with van der Waals surface area (Å²) in [6.45, 7) is 17.8. The van der Waals surface area contributed by atoms with Crippen molar-refractivity contribution in [3.05, 3.63) is 54.2 Å². The average molecular weight is 937 g/mol. The van der Waals surface area contributed by atoms with E-state index >= 15 is 0 Å². The summed E-state index contributed by atoms with van der Waals surface area (Å²) in [5, 5.41) is 25.5. The number of cyclic esters (lactones) is 1. The minimum absolute atomic E-state index is 0.0471. The Morgan fingerprint density at radius 1 is 1.00 bits per heavy atom. The number of rotatable bonds is 12. The second-order valence-corrected chi connectivity index (χ2v) is 18.8. The number of alkyl carbamates (subject to hydrolysis) is 2. The van der Waals surface area contributed by atoms with Crippen LogP contribution in [0.2, 0.25) is 0 Å². The molecule has 3 aliphatic heterocycles. The number of aliphatic hydroxyl groups excluding tert-OH is 1. The molecule has 0 unspecified atom stereocenters. The van der Waals surface area contributed by atoms with Crippen LogP contribution in [0.1, 0.15) is 94.1 Å². The van der Waals surface area contributed by atoms with Gasteiger partial charge in [-0.05, 0) is 92.6 Å². The smallest absolute Gasteiger partial charge is 0.410 e.